The van der Waals surface area contributed by atoms with Crippen LogP contribution in [0.4, 0.5) is 13.2 Å². The molecule has 14 heavy (non-hydrogen) atoms. The van der Waals surface area contributed by atoms with E-state index < -0.39 is 20.9 Å². The van der Waals surface area contributed by atoms with Crippen molar-refractivity contribution < 1.29 is 13.2 Å². The molecule has 0 aliphatic carbocycles. The van der Waals surface area contributed by atoms with Crippen LogP contribution in [0.25, 0.3) is 0 Å². The Bertz CT molecular complexity index is 427. The molecule has 0 spiro atoms. The van der Waals surface area contributed by atoms with E-state index >= 15 is 0 Å². The second-order valence-electron chi connectivity index (χ2n) is 3.15. The Hall–Kier alpha value is -1.08. The van der Waals surface area contributed by atoms with E-state index in [4.69, 9.17) is 0 Å². The zero-order chi connectivity index (χ0) is 11.0. The van der Waals surface area contributed by atoms with E-state index in [0.717, 1.165) is 12.1 Å². The van der Waals surface area contributed by atoms with Crippen molar-refractivity contribution in [1.29, 1.82) is 0 Å². The second-order valence-corrected chi connectivity index (χ2v) is 6.14. The summed E-state index contributed by atoms with van der Waals surface area (Å²) in [6.07, 6.45) is -2.64. The van der Waals surface area contributed by atoms with Crippen LogP contribution in [0.1, 0.15) is 5.56 Å². The Morgan fingerprint density at radius 3 is 2.36 bits per heavy atom. The van der Waals surface area contributed by atoms with Crippen molar-refractivity contribution in [2.45, 2.75) is 11.1 Å². The van der Waals surface area contributed by atoms with Crippen LogP contribution in [0.5, 0.6) is 0 Å². The molecule has 0 aromatic heterocycles. The lowest BCUT2D eigenvalue weighted by atomic mass is 10.2. The minimum Gasteiger partial charge on any atom is -0.183 e. The third kappa shape index (κ3) is 2.46. The lowest BCUT2D eigenvalue weighted by molar-refractivity contribution is -0.137. The Morgan fingerprint density at radius 1 is 1.36 bits per heavy atom. The molecule has 1 aromatic carbocycles. The molecule has 0 aliphatic heterocycles. The van der Waals surface area contributed by atoms with E-state index in [1.165, 1.54) is 0 Å². The monoisotopic (exact) mass is 218 g/mol. The zero-order valence-electron chi connectivity index (χ0n) is 7.61. The summed E-state index contributed by atoms with van der Waals surface area (Å²) in [5.41, 5.74) is -0.725. The van der Waals surface area contributed by atoms with Crippen LogP contribution in [-0.2, 0) is 6.18 Å². The molecule has 76 valence electrons. The maximum Gasteiger partial charge on any atom is 0.417 e. The molecule has 0 bridgehead atoms. The fourth-order valence-corrected chi connectivity index (χ4v) is 1.55. The third-order valence-electron chi connectivity index (χ3n) is 1.57. The van der Waals surface area contributed by atoms with Crippen LogP contribution >= 0.6 is 9.21 Å². The molecule has 0 atom stereocenters. The average molecular weight is 218 g/mol. The summed E-state index contributed by atoms with van der Waals surface area (Å²) in [6.45, 7) is 0. The smallest absolute Gasteiger partial charge is 0.183 e. The van der Waals surface area contributed by atoms with Gasteiger partial charge in [0, 0.05) is 11.0 Å². The van der Waals surface area contributed by atoms with Gasteiger partial charge in [-0.05, 0) is 12.3 Å². The minimum absolute atomic E-state index is 0.382. The van der Waals surface area contributed by atoms with Gasteiger partial charge in [-0.2, -0.15) is 22.4 Å². The van der Waals surface area contributed by atoms with Crippen LogP contribution in [-0.4, -0.2) is 18.0 Å². The summed E-state index contributed by atoms with van der Waals surface area (Å²) in [7, 11) is -1.67. The third-order valence-corrected chi connectivity index (χ3v) is 2.85. The van der Waals surface area contributed by atoms with Gasteiger partial charge in [-0.1, -0.05) is 23.9 Å². The van der Waals surface area contributed by atoms with Crippen LogP contribution in [0, 0.1) is 12.1 Å². The van der Waals surface area contributed by atoms with Crippen LogP contribution in [0.3, 0.4) is 0 Å². The van der Waals surface area contributed by atoms with E-state index in [1.807, 2.05) is 0 Å². The van der Waals surface area contributed by atoms with E-state index in [9.17, 15) is 13.2 Å². The molecule has 0 saturated heterocycles. The van der Waals surface area contributed by atoms with Crippen molar-refractivity contribution in [1.82, 2.24) is 0 Å². The number of rotatable bonds is 1. The molecule has 0 fully saturated rings. The summed E-state index contributed by atoms with van der Waals surface area (Å²) in [4.78, 5) is 0.382. The molecular formula is C10H9F3S. The molecule has 0 aliphatic rings. The summed E-state index contributed by atoms with van der Waals surface area (Å²) in [5, 5.41) is 0. The number of alkyl halides is 3. The standard InChI is InChI=1S/C10H9F3S/c1-14(2,3)9-6-4-5-8(7-9)10(11,12)13/h5,7H,1-2H2,3H3. The second kappa shape index (κ2) is 3.25. The number of hydrogen-bond acceptors (Lipinski definition) is 0. The van der Waals surface area contributed by atoms with Gasteiger partial charge in [0.05, 0.1) is 5.56 Å². The Labute approximate surface area is 81.9 Å². The van der Waals surface area contributed by atoms with Crippen molar-refractivity contribution in [2.75, 3.05) is 6.26 Å². The summed E-state index contributed by atoms with van der Waals surface area (Å²) < 4.78 is 36.9. The Morgan fingerprint density at radius 2 is 1.93 bits per heavy atom. The van der Waals surface area contributed by atoms with Gasteiger partial charge in [0.1, 0.15) is 0 Å². The van der Waals surface area contributed by atoms with Gasteiger partial charge < -0.3 is 0 Å². The predicted octanol–water partition coefficient (Wildman–Crippen LogP) is 2.96. The Kier molecular flexibility index (Phi) is 2.55. The average Bonchev–Trinajstić information content (AvgIpc) is 2.01. The normalized spacial score (nSPS) is 12.3. The molecule has 0 saturated carbocycles. The van der Waals surface area contributed by atoms with Gasteiger partial charge in [-0.25, -0.2) is 0 Å². The lowest BCUT2D eigenvalue weighted by Crippen LogP contribution is -2.04. The van der Waals surface area contributed by atoms with Crippen molar-refractivity contribution in [2.24, 2.45) is 0 Å². The molecule has 0 nitrogen and oxygen atoms in total. The maximum atomic E-state index is 12.3. The molecule has 4 heteroatoms. The van der Waals surface area contributed by atoms with E-state index in [0.29, 0.717) is 4.90 Å². The van der Waals surface area contributed by atoms with Gasteiger partial charge in [0.25, 0.3) is 0 Å². The first-order valence-electron chi connectivity index (χ1n) is 3.66. The number of hydrogen-bond donors (Lipinski definition) is 0. The fourth-order valence-electron chi connectivity index (χ4n) is 0.833. The molecule has 1 aromatic rings. The molecule has 1 rings (SSSR count). The van der Waals surface area contributed by atoms with E-state index in [-0.39, 0.29) is 0 Å². The van der Waals surface area contributed by atoms with Gasteiger partial charge in [-0.15, -0.1) is 0 Å². The van der Waals surface area contributed by atoms with Gasteiger partial charge in [0.2, 0.25) is 0 Å². The summed E-state index contributed by atoms with van der Waals surface area (Å²) >= 11 is 0. The summed E-state index contributed by atoms with van der Waals surface area (Å²) in [6, 6.07) is 6.85. The molecule has 0 radical (unpaired) electrons. The van der Waals surface area contributed by atoms with Gasteiger partial charge in [0.15, 0.2) is 0 Å². The van der Waals surface area contributed by atoms with Crippen molar-refractivity contribution in [3.63, 3.8) is 0 Å². The molecular weight excluding hydrogens is 209 g/mol. The quantitative estimate of drug-likeness (QED) is 0.636. The van der Waals surface area contributed by atoms with Crippen LogP contribution in [0.15, 0.2) is 17.0 Å². The first-order chi connectivity index (χ1) is 6.21. The first kappa shape index (κ1) is 11.0. The first-order valence-corrected chi connectivity index (χ1v) is 6.04. The zero-order valence-corrected chi connectivity index (χ0v) is 8.43. The van der Waals surface area contributed by atoms with Crippen LogP contribution in [0.2, 0.25) is 0 Å². The highest BCUT2D eigenvalue weighted by molar-refractivity contribution is 8.27. The molecule has 0 unspecified atom stereocenters. The van der Waals surface area contributed by atoms with Crippen LogP contribution < -0.4 is 0 Å². The Balaban J connectivity index is 3.29. The fraction of sp³-hybridized carbons (Fsp3) is 0.200. The van der Waals surface area contributed by atoms with Crippen molar-refractivity contribution in [3.8, 4) is 0 Å². The SMILES string of the molecule is C=S(=C)(C)c1c#ccc(C(F)(F)F)c1. The van der Waals surface area contributed by atoms with Crippen molar-refractivity contribution >= 4 is 20.9 Å². The highest BCUT2D eigenvalue weighted by atomic mass is 32.2. The van der Waals surface area contributed by atoms with E-state index in [2.05, 4.69) is 23.9 Å². The van der Waals surface area contributed by atoms with E-state index in [1.54, 1.807) is 6.26 Å². The summed E-state index contributed by atoms with van der Waals surface area (Å²) in [5.74, 6) is 7.43. The topological polar surface area (TPSA) is 0 Å². The maximum absolute atomic E-state index is 12.3. The predicted molar refractivity (Wildman–Crippen MR) is 55.1 cm³/mol. The largest absolute Gasteiger partial charge is 0.417 e. The number of halogens is 3. The minimum atomic E-state index is -4.34. The highest BCUT2D eigenvalue weighted by Gasteiger charge is 2.30. The van der Waals surface area contributed by atoms with Crippen molar-refractivity contribution in [3.05, 3.63) is 29.8 Å². The highest BCUT2D eigenvalue weighted by Crippen LogP contribution is 2.33. The molecule has 0 amide bonds. The molecule has 0 N–H and O–H groups in total. The van der Waals surface area contributed by atoms with Gasteiger partial charge >= 0.3 is 6.18 Å². The molecule has 0 heterocycles. The van der Waals surface area contributed by atoms with Gasteiger partial charge in [-0.3, -0.25) is 0 Å². The lowest BCUT2D eigenvalue weighted by Gasteiger charge is -2.09.